The highest BCUT2D eigenvalue weighted by atomic mass is 35.5. The van der Waals surface area contributed by atoms with E-state index in [0.717, 1.165) is 20.7 Å². The van der Waals surface area contributed by atoms with Crippen molar-refractivity contribution in [1.82, 2.24) is 20.3 Å². The second-order valence-corrected chi connectivity index (χ2v) is 13.4. The minimum Gasteiger partial charge on any atom is -0.465 e. The molecule has 1 aromatic carbocycles. The molecule has 0 aliphatic rings. The molecular formula is C30H32ClF2N5O4S. The number of nitrogens with one attached hydrogen (secondary N) is 1. The molecule has 228 valence electrons. The summed E-state index contributed by atoms with van der Waals surface area (Å²) in [5.74, 6) is -1.45. The van der Waals surface area contributed by atoms with E-state index >= 15 is 0 Å². The maximum Gasteiger partial charge on any atom is 0.413 e. The van der Waals surface area contributed by atoms with E-state index in [1.165, 1.54) is 35.9 Å². The average molecular weight is 632 g/mol. The molecule has 0 fully saturated rings. The van der Waals surface area contributed by atoms with Crippen LogP contribution in [0.3, 0.4) is 0 Å². The van der Waals surface area contributed by atoms with E-state index in [9.17, 15) is 23.5 Å². The van der Waals surface area contributed by atoms with Gasteiger partial charge in [0.05, 0.1) is 28.2 Å². The molecule has 1 atom stereocenters. The van der Waals surface area contributed by atoms with Gasteiger partial charge < -0.3 is 15.2 Å². The van der Waals surface area contributed by atoms with Crippen LogP contribution in [0.1, 0.15) is 52.8 Å². The third-order valence-corrected chi connectivity index (χ3v) is 7.59. The van der Waals surface area contributed by atoms with Crippen molar-refractivity contribution in [3.63, 3.8) is 0 Å². The molecule has 13 heteroatoms. The Morgan fingerprint density at radius 3 is 2.42 bits per heavy atom. The SMILES string of the molecule is CC(C)(C)OC(=O)N[C@@H](Cc1cnc(F)c(Cl)c1)CN(C(=O)O)c1nc(C(C)(C)C)c(-c2ccc3cnc(F)cc3c2)s1. The summed E-state index contributed by atoms with van der Waals surface area (Å²) < 4.78 is 33.0. The van der Waals surface area contributed by atoms with Gasteiger partial charge in [-0.1, -0.05) is 55.8 Å². The monoisotopic (exact) mass is 631 g/mol. The molecule has 0 bridgehead atoms. The van der Waals surface area contributed by atoms with Crippen LogP contribution in [0.25, 0.3) is 21.2 Å². The zero-order valence-corrected chi connectivity index (χ0v) is 26.1. The molecule has 0 aliphatic carbocycles. The highest BCUT2D eigenvalue weighted by Gasteiger charge is 2.31. The molecule has 0 unspecified atom stereocenters. The van der Waals surface area contributed by atoms with Crippen molar-refractivity contribution < 1.29 is 28.2 Å². The van der Waals surface area contributed by atoms with Crippen molar-refractivity contribution in [3.8, 4) is 10.4 Å². The van der Waals surface area contributed by atoms with E-state index in [2.05, 4.69) is 15.3 Å². The molecule has 4 aromatic rings. The number of fused-ring (bicyclic) bond motifs is 1. The Kier molecular flexibility index (Phi) is 9.22. The summed E-state index contributed by atoms with van der Waals surface area (Å²) in [6.07, 6.45) is 0.749. The van der Waals surface area contributed by atoms with Gasteiger partial charge in [0, 0.05) is 29.3 Å². The fraction of sp³-hybridized carbons (Fsp3) is 0.367. The third-order valence-electron chi connectivity index (χ3n) is 6.20. The lowest BCUT2D eigenvalue weighted by Crippen LogP contribution is -2.48. The first-order valence-corrected chi connectivity index (χ1v) is 14.6. The predicted molar refractivity (Wildman–Crippen MR) is 163 cm³/mol. The fourth-order valence-electron chi connectivity index (χ4n) is 4.33. The molecule has 0 spiro atoms. The number of amides is 2. The maximum atomic E-state index is 13.9. The second kappa shape index (κ2) is 12.4. The Bertz CT molecular complexity index is 1670. The van der Waals surface area contributed by atoms with Crippen LogP contribution in [0.4, 0.5) is 23.5 Å². The number of rotatable bonds is 7. The zero-order chi connectivity index (χ0) is 31.7. The number of carbonyl (C=O) groups excluding carboxylic acids is 1. The van der Waals surface area contributed by atoms with E-state index in [0.29, 0.717) is 16.6 Å². The Labute approximate surface area is 256 Å². The molecule has 0 aliphatic heterocycles. The predicted octanol–water partition coefficient (Wildman–Crippen LogP) is 7.60. The summed E-state index contributed by atoms with van der Waals surface area (Å²) in [5, 5.41) is 14.4. The molecule has 4 rings (SSSR count). The first-order valence-electron chi connectivity index (χ1n) is 13.4. The molecule has 9 nitrogen and oxygen atoms in total. The van der Waals surface area contributed by atoms with Gasteiger partial charge in [-0.05, 0) is 55.8 Å². The number of aromatic nitrogens is 3. The number of halogens is 3. The van der Waals surface area contributed by atoms with E-state index in [-0.39, 0.29) is 23.1 Å². The summed E-state index contributed by atoms with van der Waals surface area (Å²) in [4.78, 5) is 39.2. The lowest BCUT2D eigenvalue weighted by atomic mass is 9.89. The lowest BCUT2D eigenvalue weighted by Gasteiger charge is -2.27. The first kappa shape index (κ1) is 32.0. The van der Waals surface area contributed by atoms with Gasteiger partial charge >= 0.3 is 12.2 Å². The number of hydrogen-bond acceptors (Lipinski definition) is 7. The number of alkyl carbamates (subject to hydrolysis) is 1. The molecule has 43 heavy (non-hydrogen) atoms. The Balaban J connectivity index is 1.73. The van der Waals surface area contributed by atoms with Gasteiger partial charge in [-0.25, -0.2) is 24.5 Å². The fourth-order valence-corrected chi connectivity index (χ4v) is 5.80. The van der Waals surface area contributed by atoms with Crippen molar-refractivity contribution in [1.29, 1.82) is 0 Å². The average Bonchev–Trinajstić information content (AvgIpc) is 3.33. The molecule has 3 aromatic heterocycles. The second-order valence-electron chi connectivity index (χ2n) is 12.0. The number of anilines is 1. The third kappa shape index (κ3) is 8.14. The Morgan fingerprint density at radius 1 is 1.07 bits per heavy atom. The van der Waals surface area contributed by atoms with Crippen LogP contribution in [0.2, 0.25) is 5.02 Å². The highest BCUT2D eigenvalue weighted by Crippen LogP contribution is 2.41. The van der Waals surface area contributed by atoms with Crippen LogP contribution < -0.4 is 10.2 Å². The van der Waals surface area contributed by atoms with Crippen LogP contribution in [-0.4, -0.2) is 50.4 Å². The summed E-state index contributed by atoms with van der Waals surface area (Å²) in [6.45, 7) is 10.8. The largest absolute Gasteiger partial charge is 0.465 e. The van der Waals surface area contributed by atoms with E-state index < -0.39 is 41.1 Å². The molecule has 2 amide bonds. The highest BCUT2D eigenvalue weighted by molar-refractivity contribution is 7.19. The summed E-state index contributed by atoms with van der Waals surface area (Å²) >= 11 is 7.09. The maximum absolute atomic E-state index is 13.9. The van der Waals surface area contributed by atoms with Gasteiger partial charge in [-0.3, -0.25) is 4.90 Å². The number of carboxylic acid groups (broad SMARTS) is 1. The minimum absolute atomic E-state index is 0.0741. The van der Waals surface area contributed by atoms with Crippen LogP contribution >= 0.6 is 22.9 Å². The topological polar surface area (TPSA) is 118 Å². The number of thiazole rings is 1. The van der Waals surface area contributed by atoms with Crippen LogP contribution in [0.5, 0.6) is 0 Å². The number of carbonyl (C=O) groups is 2. The Hall–Kier alpha value is -3.90. The molecule has 2 N–H and O–H groups in total. The van der Waals surface area contributed by atoms with Gasteiger partial charge in [0.1, 0.15) is 5.60 Å². The van der Waals surface area contributed by atoms with E-state index in [4.69, 9.17) is 21.3 Å². The molecule has 0 saturated carbocycles. The van der Waals surface area contributed by atoms with Gasteiger partial charge in [0.15, 0.2) is 5.13 Å². The summed E-state index contributed by atoms with van der Waals surface area (Å²) in [5.41, 5.74) is 0.599. The van der Waals surface area contributed by atoms with Crippen LogP contribution in [0, 0.1) is 11.9 Å². The zero-order valence-electron chi connectivity index (χ0n) is 24.5. The van der Waals surface area contributed by atoms with E-state index in [1.807, 2.05) is 39.0 Å². The first-order chi connectivity index (χ1) is 20.0. The summed E-state index contributed by atoms with van der Waals surface area (Å²) in [6, 6.07) is 7.38. The number of benzene rings is 1. The number of pyridine rings is 2. The minimum atomic E-state index is -1.29. The number of ether oxygens (including phenoxy) is 1. The van der Waals surface area contributed by atoms with Crippen molar-refractivity contribution in [2.75, 3.05) is 11.4 Å². The standard InChI is InChI=1S/C30H32ClF2N5O4S/c1-29(2,3)24-23(17-7-8-18-14-34-22(32)12-19(18)11-17)43-26(37-24)38(28(40)41)15-20(36-27(39)42-30(4,5)6)9-16-10-21(31)25(33)35-13-16/h7-8,10-14,20H,9,15H2,1-6H3,(H,36,39)(H,40,41)/t20-/m0/s1. The molecule has 3 heterocycles. The van der Waals surface area contributed by atoms with Crippen molar-refractivity contribution >= 4 is 51.0 Å². The van der Waals surface area contributed by atoms with Gasteiger partial charge in [0.25, 0.3) is 0 Å². The van der Waals surface area contributed by atoms with Crippen molar-refractivity contribution in [2.45, 2.75) is 65.0 Å². The van der Waals surface area contributed by atoms with Gasteiger partial charge in [-0.15, -0.1) is 0 Å². The van der Waals surface area contributed by atoms with Gasteiger partial charge in [-0.2, -0.15) is 8.78 Å². The van der Waals surface area contributed by atoms with Gasteiger partial charge in [0.2, 0.25) is 11.9 Å². The molecule has 0 radical (unpaired) electrons. The number of hydrogen-bond donors (Lipinski definition) is 2. The van der Waals surface area contributed by atoms with Crippen molar-refractivity contribution in [2.24, 2.45) is 0 Å². The number of nitrogens with zero attached hydrogens (tertiary/aromatic N) is 4. The normalized spacial score (nSPS) is 12.7. The quantitative estimate of drug-likeness (QED) is 0.202. The van der Waals surface area contributed by atoms with Crippen molar-refractivity contribution in [3.05, 3.63) is 70.9 Å². The van der Waals surface area contributed by atoms with Crippen LogP contribution in [0.15, 0.2) is 42.7 Å². The lowest BCUT2D eigenvalue weighted by molar-refractivity contribution is 0.0505. The Morgan fingerprint density at radius 2 is 1.79 bits per heavy atom. The smallest absolute Gasteiger partial charge is 0.413 e. The molecular weight excluding hydrogens is 600 g/mol. The van der Waals surface area contributed by atoms with E-state index in [1.54, 1.807) is 20.8 Å². The molecule has 0 saturated heterocycles. The van der Waals surface area contributed by atoms with Crippen LogP contribution in [-0.2, 0) is 16.6 Å². The summed E-state index contributed by atoms with van der Waals surface area (Å²) in [7, 11) is 0.